The third kappa shape index (κ3) is 2.86. The van der Waals surface area contributed by atoms with Crippen LogP contribution in [0.2, 0.25) is 0 Å². The predicted molar refractivity (Wildman–Crippen MR) is 49.9 cm³/mol. The number of rotatable bonds is 2. The Morgan fingerprint density at radius 3 is 2.62 bits per heavy atom. The number of nitrogens with one attached hydrogen (secondary N) is 1. The van der Waals surface area contributed by atoms with E-state index >= 15 is 0 Å². The van der Waals surface area contributed by atoms with Crippen LogP contribution in [0.1, 0.15) is 26.7 Å². The van der Waals surface area contributed by atoms with E-state index in [1.807, 2.05) is 6.08 Å². The molecule has 13 heavy (non-hydrogen) atoms. The number of carbonyl (C=O) groups is 2. The molecule has 0 aliphatic heterocycles. The molecule has 1 aliphatic rings. The van der Waals surface area contributed by atoms with E-state index in [1.54, 1.807) is 13.0 Å². The predicted octanol–water partition coefficient (Wildman–Crippen LogP) is 1.32. The van der Waals surface area contributed by atoms with Crippen LogP contribution in [0.5, 0.6) is 0 Å². The molecule has 0 aromatic rings. The van der Waals surface area contributed by atoms with E-state index in [9.17, 15) is 9.59 Å². The van der Waals surface area contributed by atoms with Crippen molar-refractivity contribution in [2.75, 3.05) is 0 Å². The molecule has 0 aromatic carbocycles. The van der Waals surface area contributed by atoms with Crippen molar-refractivity contribution in [2.24, 2.45) is 0 Å². The largest absolute Gasteiger partial charge is 0.327 e. The Labute approximate surface area is 77.5 Å². The van der Waals surface area contributed by atoms with Gasteiger partial charge in [-0.15, -0.1) is 0 Å². The molecule has 0 bridgehead atoms. The fourth-order valence-corrected chi connectivity index (χ4v) is 1.27. The minimum absolute atomic E-state index is 0.0796. The first-order valence-electron chi connectivity index (χ1n) is 4.29. The molecule has 0 saturated carbocycles. The van der Waals surface area contributed by atoms with Crippen LogP contribution in [0, 0.1) is 0 Å². The highest BCUT2D eigenvalue weighted by Crippen LogP contribution is 2.16. The van der Waals surface area contributed by atoms with Gasteiger partial charge in [-0.25, -0.2) is 0 Å². The van der Waals surface area contributed by atoms with Crippen LogP contribution in [0.25, 0.3) is 0 Å². The standard InChI is InChI=1S/C10H13NO2/c1-7(12)9-4-3-5-10(6-9)11-8(2)13/h5-6H,3-4H2,1-2H3,(H,11,13). The van der Waals surface area contributed by atoms with Crippen LogP contribution in [0.3, 0.4) is 0 Å². The number of carbonyl (C=O) groups excluding carboxylic acids is 2. The Kier molecular flexibility index (Phi) is 3.01. The van der Waals surface area contributed by atoms with Crippen molar-refractivity contribution in [3.8, 4) is 0 Å². The zero-order chi connectivity index (χ0) is 9.84. The first-order chi connectivity index (χ1) is 6.09. The van der Waals surface area contributed by atoms with Gasteiger partial charge in [-0.1, -0.05) is 6.08 Å². The molecule has 0 unspecified atom stereocenters. The first-order valence-corrected chi connectivity index (χ1v) is 4.29. The maximum Gasteiger partial charge on any atom is 0.221 e. The normalized spacial score (nSPS) is 15.8. The van der Waals surface area contributed by atoms with Crippen molar-refractivity contribution in [3.63, 3.8) is 0 Å². The summed E-state index contributed by atoms with van der Waals surface area (Å²) in [5.41, 5.74) is 1.52. The van der Waals surface area contributed by atoms with Gasteiger partial charge in [0.1, 0.15) is 0 Å². The van der Waals surface area contributed by atoms with Gasteiger partial charge < -0.3 is 5.32 Å². The number of allylic oxidation sites excluding steroid dienone is 3. The second-order valence-electron chi connectivity index (χ2n) is 3.11. The number of Topliss-reactive ketones (excluding diaryl/α,β-unsaturated/α-hetero) is 1. The Bertz CT molecular complexity index is 300. The lowest BCUT2D eigenvalue weighted by atomic mass is 10.0. The summed E-state index contributed by atoms with van der Waals surface area (Å²) in [6.07, 6.45) is 5.26. The number of hydrogen-bond donors (Lipinski definition) is 1. The summed E-state index contributed by atoms with van der Waals surface area (Å²) in [6, 6.07) is 0. The SMILES string of the molecule is CC(=O)NC1=CCCC(C(C)=O)=C1. The molecule has 0 heterocycles. The molecular formula is C10H13NO2. The van der Waals surface area contributed by atoms with Crippen molar-refractivity contribution in [2.45, 2.75) is 26.7 Å². The summed E-state index contributed by atoms with van der Waals surface area (Å²) in [4.78, 5) is 21.7. The molecule has 0 atom stereocenters. The Morgan fingerprint density at radius 1 is 1.38 bits per heavy atom. The highest BCUT2D eigenvalue weighted by molar-refractivity contribution is 5.94. The summed E-state index contributed by atoms with van der Waals surface area (Å²) < 4.78 is 0. The third-order valence-electron chi connectivity index (χ3n) is 1.88. The van der Waals surface area contributed by atoms with Crippen LogP contribution < -0.4 is 5.32 Å². The molecule has 1 aliphatic carbocycles. The van der Waals surface area contributed by atoms with Gasteiger partial charge >= 0.3 is 0 Å². The lowest BCUT2D eigenvalue weighted by molar-refractivity contribution is -0.118. The zero-order valence-corrected chi connectivity index (χ0v) is 7.89. The summed E-state index contributed by atoms with van der Waals surface area (Å²) in [5.74, 6) is -0.0248. The molecule has 3 nitrogen and oxygen atoms in total. The summed E-state index contributed by atoms with van der Waals surface area (Å²) in [5, 5.41) is 2.66. The molecule has 70 valence electrons. The lowest BCUT2D eigenvalue weighted by Crippen LogP contribution is -2.20. The Balaban J connectivity index is 2.72. The highest BCUT2D eigenvalue weighted by atomic mass is 16.1. The minimum Gasteiger partial charge on any atom is -0.327 e. The van der Waals surface area contributed by atoms with E-state index < -0.39 is 0 Å². The van der Waals surface area contributed by atoms with Crippen molar-refractivity contribution in [1.29, 1.82) is 0 Å². The molecule has 0 spiro atoms. The van der Waals surface area contributed by atoms with E-state index in [-0.39, 0.29) is 11.7 Å². The number of hydrogen-bond acceptors (Lipinski definition) is 2. The van der Waals surface area contributed by atoms with Crippen molar-refractivity contribution in [1.82, 2.24) is 5.32 Å². The average Bonchev–Trinajstić information content (AvgIpc) is 2.03. The van der Waals surface area contributed by atoms with Crippen LogP contribution in [-0.4, -0.2) is 11.7 Å². The van der Waals surface area contributed by atoms with Gasteiger partial charge in [0.25, 0.3) is 0 Å². The molecule has 0 saturated heterocycles. The molecule has 1 rings (SSSR count). The average molecular weight is 179 g/mol. The van der Waals surface area contributed by atoms with Gasteiger partial charge in [0.2, 0.25) is 5.91 Å². The van der Waals surface area contributed by atoms with E-state index in [0.29, 0.717) is 0 Å². The molecule has 0 radical (unpaired) electrons. The smallest absolute Gasteiger partial charge is 0.221 e. The van der Waals surface area contributed by atoms with E-state index in [2.05, 4.69) is 5.32 Å². The van der Waals surface area contributed by atoms with Gasteiger partial charge in [0.05, 0.1) is 0 Å². The van der Waals surface area contributed by atoms with E-state index in [0.717, 1.165) is 24.1 Å². The maximum absolute atomic E-state index is 11.0. The van der Waals surface area contributed by atoms with Crippen LogP contribution >= 0.6 is 0 Å². The second kappa shape index (κ2) is 4.03. The van der Waals surface area contributed by atoms with Gasteiger partial charge in [-0.05, 0) is 31.4 Å². The molecule has 1 N–H and O–H groups in total. The number of ketones is 1. The van der Waals surface area contributed by atoms with Crippen molar-refractivity contribution >= 4 is 11.7 Å². The molecule has 3 heteroatoms. The van der Waals surface area contributed by atoms with Crippen molar-refractivity contribution < 1.29 is 9.59 Å². The summed E-state index contributed by atoms with van der Waals surface area (Å²) in [7, 11) is 0. The third-order valence-corrected chi connectivity index (χ3v) is 1.88. The first kappa shape index (κ1) is 9.71. The minimum atomic E-state index is -0.104. The van der Waals surface area contributed by atoms with Crippen LogP contribution in [0.15, 0.2) is 23.4 Å². The summed E-state index contributed by atoms with van der Waals surface area (Å²) >= 11 is 0. The molecule has 0 aromatic heterocycles. The topological polar surface area (TPSA) is 46.2 Å². The molecular weight excluding hydrogens is 166 g/mol. The maximum atomic E-state index is 11.0. The second-order valence-corrected chi connectivity index (χ2v) is 3.11. The van der Waals surface area contributed by atoms with E-state index in [1.165, 1.54) is 6.92 Å². The van der Waals surface area contributed by atoms with Gasteiger partial charge in [-0.2, -0.15) is 0 Å². The lowest BCUT2D eigenvalue weighted by Gasteiger charge is -2.11. The fraction of sp³-hybridized carbons (Fsp3) is 0.400. The van der Waals surface area contributed by atoms with Gasteiger partial charge in [0.15, 0.2) is 5.78 Å². The van der Waals surface area contributed by atoms with Gasteiger partial charge in [0, 0.05) is 12.6 Å². The molecule has 1 amide bonds. The van der Waals surface area contributed by atoms with Crippen molar-refractivity contribution in [3.05, 3.63) is 23.4 Å². The monoisotopic (exact) mass is 179 g/mol. The van der Waals surface area contributed by atoms with Crippen LogP contribution in [-0.2, 0) is 9.59 Å². The summed E-state index contributed by atoms with van der Waals surface area (Å²) in [6.45, 7) is 3.00. The number of amides is 1. The van der Waals surface area contributed by atoms with E-state index in [4.69, 9.17) is 0 Å². The van der Waals surface area contributed by atoms with Gasteiger partial charge in [-0.3, -0.25) is 9.59 Å². The van der Waals surface area contributed by atoms with Crippen LogP contribution in [0.4, 0.5) is 0 Å². The highest BCUT2D eigenvalue weighted by Gasteiger charge is 2.09. The fourth-order valence-electron chi connectivity index (χ4n) is 1.27. The zero-order valence-electron chi connectivity index (χ0n) is 7.89. The molecule has 0 fully saturated rings. The quantitative estimate of drug-likeness (QED) is 0.694. The Hall–Kier alpha value is -1.38. The Morgan fingerprint density at radius 2 is 2.08 bits per heavy atom.